The van der Waals surface area contributed by atoms with E-state index in [1.807, 2.05) is 6.92 Å². The average molecular weight is 368 g/mol. The number of aryl methyl sites for hydroxylation is 1. The highest BCUT2D eigenvalue weighted by Gasteiger charge is 2.22. The van der Waals surface area contributed by atoms with Gasteiger partial charge in [0, 0.05) is 32.2 Å². The zero-order valence-corrected chi connectivity index (χ0v) is 16.5. The normalized spacial score (nSPS) is 16.9. The van der Waals surface area contributed by atoms with Gasteiger partial charge in [-0.1, -0.05) is 0 Å². The van der Waals surface area contributed by atoms with E-state index in [2.05, 4.69) is 28.0 Å². The topological polar surface area (TPSA) is 50.7 Å². The van der Waals surface area contributed by atoms with Gasteiger partial charge in [0.2, 0.25) is 0 Å². The molecule has 27 heavy (non-hydrogen) atoms. The molecule has 2 aliphatic heterocycles. The number of hydrogen-bond donors (Lipinski definition) is 0. The third kappa shape index (κ3) is 3.66. The molecule has 4 rings (SSSR count). The maximum absolute atomic E-state index is 5.49. The largest absolute Gasteiger partial charge is 0.493 e. The molecule has 1 saturated heterocycles. The predicted molar refractivity (Wildman–Crippen MR) is 107 cm³/mol. The lowest BCUT2D eigenvalue weighted by Gasteiger charge is -2.32. The van der Waals surface area contributed by atoms with E-state index in [-0.39, 0.29) is 0 Å². The van der Waals surface area contributed by atoms with E-state index in [4.69, 9.17) is 19.4 Å². The molecule has 0 radical (unpaired) electrons. The summed E-state index contributed by atoms with van der Waals surface area (Å²) in [5.74, 6) is 4.51. The molecule has 1 fully saturated rings. The van der Waals surface area contributed by atoms with Gasteiger partial charge in [0.15, 0.2) is 11.5 Å². The Bertz CT molecular complexity index is 818. The van der Waals surface area contributed by atoms with E-state index in [0.717, 1.165) is 61.6 Å². The fraction of sp³-hybridized carbons (Fsp3) is 0.524. The maximum Gasteiger partial charge on any atom is 0.161 e. The van der Waals surface area contributed by atoms with Gasteiger partial charge in [0.05, 0.1) is 14.2 Å². The Labute approximate surface area is 161 Å². The van der Waals surface area contributed by atoms with Crippen molar-refractivity contribution in [1.82, 2.24) is 9.97 Å². The summed E-state index contributed by atoms with van der Waals surface area (Å²) in [4.78, 5) is 14.2. The van der Waals surface area contributed by atoms with Crippen molar-refractivity contribution in [2.75, 3.05) is 43.7 Å². The minimum atomic E-state index is 0.783. The molecule has 2 aliphatic rings. The average Bonchev–Trinajstić information content (AvgIpc) is 2.72. The Morgan fingerprint density at radius 1 is 0.778 bits per heavy atom. The van der Waals surface area contributed by atoms with Crippen molar-refractivity contribution in [2.24, 2.45) is 0 Å². The molecule has 0 bridgehead atoms. The Kier molecular flexibility index (Phi) is 5.05. The van der Waals surface area contributed by atoms with Crippen LogP contribution >= 0.6 is 0 Å². The number of ether oxygens (including phenoxy) is 2. The number of aromatic nitrogens is 2. The lowest BCUT2D eigenvalue weighted by molar-refractivity contribution is 0.353. The van der Waals surface area contributed by atoms with E-state index in [9.17, 15) is 0 Å². The first-order chi connectivity index (χ1) is 13.2. The summed E-state index contributed by atoms with van der Waals surface area (Å²) >= 11 is 0. The third-order valence-electron chi connectivity index (χ3n) is 5.53. The molecule has 1 aromatic heterocycles. The number of hydrogen-bond acceptors (Lipinski definition) is 6. The fourth-order valence-electron chi connectivity index (χ4n) is 4.06. The number of nitrogens with zero attached hydrogens (tertiary/aromatic N) is 4. The number of benzene rings is 1. The van der Waals surface area contributed by atoms with Gasteiger partial charge in [-0.05, 0) is 55.9 Å². The number of rotatable bonds is 4. The monoisotopic (exact) mass is 368 g/mol. The molecule has 0 spiro atoms. The number of methoxy groups -OCH3 is 2. The maximum atomic E-state index is 5.49. The van der Waals surface area contributed by atoms with Crippen LogP contribution in [0.15, 0.2) is 18.2 Å². The lowest BCUT2D eigenvalue weighted by Crippen LogP contribution is -2.33. The number of fused-ring (bicyclic) bond motifs is 1. The first-order valence-electron chi connectivity index (χ1n) is 9.77. The summed E-state index contributed by atoms with van der Waals surface area (Å²) in [6.07, 6.45) is 4.79. The van der Waals surface area contributed by atoms with Gasteiger partial charge in [-0.2, -0.15) is 0 Å². The van der Waals surface area contributed by atoms with Crippen molar-refractivity contribution < 1.29 is 9.47 Å². The SMILES string of the molecule is COc1cc2c(cc1OC)CN(c1cc(N3CCCCC3)nc(C)n1)CC2. The standard InChI is InChI=1S/C21H28N4O2/c1-15-22-20(24-8-5-4-6-9-24)13-21(23-15)25-10-7-16-11-18(26-2)19(27-3)12-17(16)14-25/h11-13H,4-10,14H2,1-3H3. The van der Waals surface area contributed by atoms with Crippen molar-refractivity contribution in [1.29, 1.82) is 0 Å². The van der Waals surface area contributed by atoms with Crippen LogP contribution in [0.5, 0.6) is 11.5 Å². The zero-order valence-electron chi connectivity index (χ0n) is 16.5. The summed E-state index contributed by atoms with van der Waals surface area (Å²) in [6, 6.07) is 6.36. The van der Waals surface area contributed by atoms with E-state index >= 15 is 0 Å². The van der Waals surface area contributed by atoms with E-state index in [0.29, 0.717) is 0 Å². The fourth-order valence-corrected chi connectivity index (χ4v) is 4.06. The van der Waals surface area contributed by atoms with Crippen molar-refractivity contribution in [3.63, 3.8) is 0 Å². The van der Waals surface area contributed by atoms with Gasteiger partial charge in [-0.25, -0.2) is 9.97 Å². The van der Waals surface area contributed by atoms with Gasteiger partial charge in [-0.15, -0.1) is 0 Å². The zero-order chi connectivity index (χ0) is 18.8. The molecular weight excluding hydrogens is 340 g/mol. The quantitative estimate of drug-likeness (QED) is 0.825. The smallest absolute Gasteiger partial charge is 0.161 e. The summed E-state index contributed by atoms with van der Waals surface area (Å²) in [5, 5.41) is 0. The van der Waals surface area contributed by atoms with E-state index in [1.54, 1.807) is 14.2 Å². The van der Waals surface area contributed by atoms with Crippen LogP contribution < -0.4 is 19.3 Å². The Balaban J connectivity index is 1.61. The molecule has 0 amide bonds. The van der Waals surface area contributed by atoms with Crippen molar-refractivity contribution in [2.45, 2.75) is 39.2 Å². The predicted octanol–water partition coefficient (Wildman–Crippen LogP) is 3.36. The van der Waals surface area contributed by atoms with Crippen LogP contribution in [0.2, 0.25) is 0 Å². The second kappa shape index (κ2) is 7.62. The first-order valence-corrected chi connectivity index (χ1v) is 9.77. The number of piperidine rings is 1. The summed E-state index contributed by atoms with van der Waals surface area (Å²) in [6.45, 7) is 5.94. The van der Waals surface area contributed by atoms with Gasteiger partial charge in [-0.3, -0.25) is 0 Å². The van der Waals surface area contributed by atoms with E-state index < -0.39 is 0 Å². The van der Waals surface area contributed by atoms with Crippen LogP contribution in [-0.4, -0.2) is 43.8 Å². The molecule has 1 aromatic carbocycles. The van der Waals surface area contributed by atoms with E-state index in [1.165, 1.54) is 30.4 Å². The van der Waals surface area contributed by atoms with Crippen LogP contribution in [0.1, 0.15) is 36.2 Å². The highest BCUT2D eigenvalue weighted by Crippen LogP contribution is 2.34. The molecule has 2 aromatic rings. The molecular formula is C21H28N4O2. The minimum Gasteiger partial charge on any atom is -0.493 e. The highest BCUT2D eigenvalue weighted by molar-refractivity contribution is 5.55. The van der Waals surface area contributed by atoms with Crippen LogP contribution in [0.25, 0.3) is 0 Å². The van der Waals surface area contributed by atoms with Gasteiger partial charge in [0.25, 0.3) is 0 Å². The van der Waals surface area contributed by atoms with Crippen LogP contribution in [0, 0.1) is 6.92 Å². The lowest BCUT2D eigenvalue weighted by atomic mass is 9.99. The van der Waals surface area contributed by atoms with Crippen LogP contribution in [0.3, 0.4) is 0 Å². The third-order valence-corrected chi connectivity index (χ3v) is 5.53. The van der Waals surface area contributed by atoms with Crippen LogP contribution in [-0.2, 0) is 13.0 Å². The molecule has 0 unspecified atom stereocenters. The van der Waals surface area contributed by atoms with Crippen molar-refractivity contribution in [3.8, 4) is 11.5 Å². The molecule has 3 heterocycles. The number of anilines is 2. The molecule has 6 nitrogen and oxygen atoms in total. The van der Waals surface area contributed by atoms with Gasteiger partial charge in [0.1, 0.15) is 17.5 Å². The summed E-state index contributed by atoms with van der Waals surface area (Å²) in [7, 11) is 3.37. The van der Waals surface area contributed by atoms with Crippen LogP contribution in [0.4, 0.5) is 11.6 Å². The second-order valence-corrected chi connectivity index (χ2v) is 7.33. The van der Waals surface area contributed by atoms with Crippen molar-refractivity contribution >= 4 is 11.6 Å². The van der Waals surface area contributed by atoms with Crippen molar-refractivity contribution in [3.05, 3.63) is 35.2 Å². The Morgan fingerprint density at radius 3 is 2.07 bits per heavy atom. The molecule has 0 aliphatic carbocycles. The Hall–Kier alpha value is -2.50. The summed E-state index contributed by atoms with van der Waals surface area (Å²) < 4.78 is 10.9. The molecule has 144 valence electrons. The molecule has 0 atom stereocenters. The summed E-state index contributed by atoms with van der Waals surface area (Å²) in [5.41, 5.74) is 2.60. The van der Waals surface area contributed by atoms with Gasteiger partial charge < -0.3 is 19.3 Å². The second-order valence-electron chi connectivity index (χ2n) is 7.33. The molecule has 0 N–H and O–H groups in total. The highest BCUT2D eigenvalue weighted by atomic mass is 16.5. The van der Waals surface area contributed by atoms with Gasteiger partial charge >= 0.3 is 0 Å². The molecule has 0 saturated carbocycles. The minimum absolute atomic E-state index is 0.783. The first kappa shape index (κ1) is 17.9. The molecule has 6 heteroatoms. The Morgan fingerprint density at radius 2 is 1.41 bits per heavy atom.